The van der Waals surface area contributed by atoms with Crippen LogP contribution in [-0.2, 0) is 6.42 Å². The maximum absolute atomic E-state index is 8.85. The molecule has 0 saturated carbocycles. The fourth-order valence-electron chi connectivity index (χ4n) is 1.78. The zero-order chi connectivity index (χ0) is 11.9. The Kier molecular flexibility index (Phi) is 3.72. The summed E-state index contributed by atoms with van der Waals surface area (Å²) in [5.74, 6) is 0. The zero-order valence-corrected chi connectivity index (χ0v) is 9.51. The molecule has 2 aromatic carbocycles. The van der Waals surface area contributed by atoms with Gasteiger partial charge in [-0.25, -0.2) is 0 Å². The summed E-state index contributed by atoms with van der Waals surface area (Å²) in [7, 11) is 0. The molecular weight excluding hydrogens is 206 g/mol. The monoisotopic (exact) mass is 219 g/mol. The van der Waals surface area contributed by atoms with Gasteiger partial charge >= 0.3 is 0 Å². The van der Waals surface area contributed by atoms with Gasteiger partial charge in [0.2, 0.25) is 0 Å². The summed E-state index contributed by atoms with van der Waals surface area (Å²) in [6.07, 6.45) is 2.42. The second-order valence-corrected chi connectivity index (χ2v) is 3.83. The molecule has 1 heteroatoms. The minimum absolute atomic E-state index is 0.790. The fourth-order valence-corrected chi connectivity index (χ4v) is 1.78. The largest absolute Gasteiger partial charge is 0.193 e. The highest BCUT2D eigenvalue weighted by atomic mass is 14.2. The van der Waals surface area contributed by atoms with Crippen molar-refractivity contribution in [1.29, 1.82) is 5.26 Å². The van der Waals surface area contributed by atoms with Crippen molar-refractivity contribution in [3.8, 4) is 6.07 Å². The van der Waals surface area contributed by atoms with E-state index in [4.69, 9.17) is 5.26 Å². The van der Waals surface area contributed by atoms with Gasteiger partial charge in [-0.2, -0.15) is 5.26 Å². The SMILES string of the molecule is N#CC=C(Cc1ccccc1)c1ccccc1. The van der Waals surface area contributed by atoms with Gasteiger partial charge in [-0.1, -0.05) is 60.7 Å². The zero-order valence-electron chi connectivity index (χ0n) is 9.51. The molecule has 0 aliphatic carbocycles. The van der Waals surface area contributed by atoms with Gasteiger partial charge in [-0.15, -0.1) is 0 Å². The van der Waals surface area contributed by atoms with Crippen LogP contribution in [-0.4, -0.2) is 0 Å². The normalized spacial score (nSPS) is 10.9. The van der Waals surface area contributed by atoms with Crippen LogP contribution in [0.15, 0.2) is 66.7 Å². The first kappa shape index (κ1) is 11.2. The van der Waals surface area contributed by atoms with Crippen LogP contribution in [0.25, 0.3) is 5.57 Å². The molecule has 82 valence electrons. The fraction of sp³-hybridized carbons (Fsp3) is 0.0625. The molecule has 0 aliphatic rings. The predicted molar refractivity (Wildman–Crippen MR) is 70.2 cm³/mol. The van der Waals surface area contributed by atoms with E-state index in [1.807, 2.05) is 48.5 Å². The van der Waals surface area contributed by atoms with Gasteiger partial charge in [0, 0.05) is 6.08 Å². The Bertz CT molecular complexity index is 533. The van der Waals surface area contributed by atoms with Gasteiger partial charge in [0.15, 0.2) is 0 Å². The summed E-state index contributed by atoms with van der Waals surface area (Å²) in [6, 6.07) is 22.3. The van der Waals surface area contributed by atoms with E-state index in [1.54, 1.807) is 6.08 Å². The first-order chi connectivity index (χ1) is 8.40. The van der Waals surface area contributed by atoms with Gasteiger partial charge in [-0.05, 0) is 23.1 Å². The van der Waals surface area contributed by atoms with Crippen LogP contribution in [0, 0.1) is 11.3 Å². The Balaban J connectivity index is 2.27. The van der Waals surface area contributed by atoms with Gasteiger partial charge in [-0.3, -0.25) is 0 Å². The van der Waals surface area contributed by atoms with Gasteiger partial charge in [0.05, 0.1) is 6.07 Å². The van der Waals surface area contributed by atoms with Gasteiger partial charge < -0.3 is 0 Å². The summed E-state index contributed by atoms with van der Waals surface area (Å²) >= 11 is 0. The third-order valence-corrected chi connectivity index (χ3v) is 2.62. The molecule has 17 heavy (non-hydrogen) atoms. The molecular formula is C16H13N. The van der Waals surface area contributed by atoms with E-state index in [-0.39, 0.29) is 0 Å². The number of nitrogens with zero attached hydrogens (tertiary/aromatic N) is 1. The van der Waals surface area contributed by atoms with E-state index in [0.717, 1.165) is 17.6 Å². The smallest absolute Gasteiger partial charge is 0.0915 e. The van der Waals surface area contributed by atoms with Crippen molar-refractivity contribution in [2.24, 2.45) is 0 Å². The number of nitriles is 1. The van der Waals surface area contributed by atoms with E-state index in [1.165, 1.54) is 5.56 Å². The summed E-state index contributed by atoms with van der Waals surface area (Å²) in [5.41, 5.74) is 3.38. The number of benzene rings is 2. The molecule has 0 radical (unpaired) electrons. The van der Waals surface area contributed by atoms with Crippen LogP contribution in [0.4, 0.5) is 0 Å². The Labute approximate surface area is 102 Å². The van der Waals surface area contributed by atoms with Crippen molar-refractivity contribution in [3.63, 3.8) is 0 Å². The standard InChI is InChI=1S/C16H13N/c17-12-11-16(15-9-5-2-6-10-15)13-14-7-3-1-4-8-14/h1-11H,13H2. The average Bonchev–Trinajstić information content (AvgIpc) is 2.40. The van der Waals surface area contributed by atoms with E-state index >= 15 is 0 Å². The topological polar surface area (TPSA) is 23.8 Å². The van der Waals surface area contributed by atoms with Crippen molar-refractivity contribution >= 4 is 5.57 Å². The Morgan fingerprint density at radius 1 is 0.941 bits per heavy atom. The van der Waals surface area contributed by atoms with Crippen LogP contribution in [0.3, 0.4) is 0 Å². The maximum atomic E-state index is 8.85. The summed E-state index contributed by atoms with van der Waals surface area (Å²) in [4.78, 5) is 0. The number of allylic oxidation sites excluding steroid dienone is 2. The highest BCUT2D eigenvalue weighted by molar-refractivity contribution is 5.69. The van der Waals surface area contributed by atoms with Crippen molar-refractivity contribution in [2.75, 3.05) is 0 Å². The van der Waals surface area contributed by atoms with E-state index in [2.05, 4.69) is 18.2 Å². The van der Waals surface area contributed by atoms with Crippen LogP contribution in [0.5, 0.6) is 0 Å². The Morgan fingerprint density at radius 3 is 2.12 bits per heavy atom. The molecule has 0 spiro atoms. The number of hydrogen-bond donors (Lipinski definition) is 0. The lowest BCUT2D eigenvalue weighted by Crippen LogP contribution is -1.90. The molecule has 0 bridgehead atoms. The Morgan fingerprint density at radius 2 is 1.53 bits per heavy atom. The van der Waals surface area contributed by atoms with Crippen molar-refractivity contribution in [3.05, 3.63) is 77.9 Å². The molecule has 1 nitrogen and oxygen atoms in total. The second kappa shape index (κ2) is 5.67. The van der Waals surface area contributed by atoms with E-state index in [0.29, 0.717) is 0 Å². The summed E-state index contributed by atoms with van der Waals surface area (Å²) < 4.78 is 0. The highest BCUT2D eigenvalue weighted by Gasteiger charge is 2.02. The predicted octanol–water partition coefficient (Wildman–Crippen LogP) is 3.84. The average molecular weight is 219 g/mol. The molecule has 0 aliphatic heterocycles. The maximum Gasteiger partial charge on any atom is 0.0915 e. The minimum atomic E-state index is 0.790. The van der Waals surface area contributed by atoms with E-state index in [9.17, 15) is 0 Å². The molecule has 0 fully saturated rings. The van der Waals surface area contributed by atoms with Crippen molar-refractivity contribution in [2.45, 2.75) is 6.42 Å². The number of rotatable bonds is 3. The molecule has 0 saturated heterocycles. The lowest BCUT2D eigenvalue weighted by molar-refractivity contribution is 1.28. The van der Waals surface area contributed by atoms with Crippen molar-refractivity contribution < 1.29 is 0 Å². The molecule has 0 heterocycles. The van der Waals surface area contributed by atoms with Crippen LogP contribution < -0.4 is 0 Å². The molecule has 0 atom stereocenters. The van der Waals surface area contributed by atoms with Crippen LogP contribution >= 0.6 is 0 Å². The third-order valence-electron chi connectivity index (χ3n) is 2.62. The lowest BCUT2D eigenvalue weighted by atomic mass is 9.98. The Hall–Kier alpha value is -2.33. The van der Waals surface area contributed by atoms with E-state index < -0.39 is 0 Å². The lowest BCUT2D eigenvalue weighted by Gasteiger charge is -2.06. The molecule has 2 rings (SSSR count). The summed E-state index contributed by atoms with van der Waals surface area (Å²) in [5, 5.41) is 8.85. The molecule has 0 unspecified atom stereocenters. The first-order valence-corrected chi connectivity index (χ1v) is 5.58. The minimum Gasteiger partial charge on any atom is -0.193 e. The molecule has 0 amide bonds. The first-order valence-electron chi connectivity index (χ1n) is 5.58. The van der Waals surface area contributed by atoms with Crippen LogP contribution in [0.1, 0.15) is 11.1 Å². The molecule has 0 aromatic heterocycles. The van der Waals surface area contributed by atoms with Crippen LogP contribution in [0.2, 0.25) is 0 Å². The third kappa shape index (κ3) is 3.06. The number of hydrogen-bond acceptors (Lipinski definition) is 1. The summed E-state index contributed by atoms with van der Waals surface area (Å²) in [6.45, 7) is 0. The van der Waals surface area contributed by atoms with Gasteiger partial charge in [0.1, 0.15) is 0 Å². The molecule has 0 N–H and O–H groups in total. The highest BCUT2D eigenvalue weighted by Crippen LogP contribution is 2.19. The second-order valence-electron chi connectivity index (χ2n) is 3.83. The van der Waals surface area contributed by atoms with Crippen molar-refractivity contribution in [1.82, 2.24) is 0 Å². The molecule has 2 aromatic rings. The van der Waals surface area contributed by atoms with Gasteiger partial charge in [0.25, 0.3) is 0 Å². The quantitative estimate of drug-likeness (QED) is 0.719.